The number of rotatable bonds is 3. The SMILES string of the molecule is Cc1cnc2c(Br)c(C)nn2c1C1CCCN(Cc2ccccc2)C1. The molecule has 4 nitrogen and oxygen atoms in total. The number of hydrogen-bond acceptors (Lipinski definition) is 3. The van der Waals surface area contributed by atoms with Gasteiger partial charge in [-0.05, 0) is 60.3 Å². The topological polar surface area (TPSA) is 33.4 Å². The predicted octanol–water partition coefficient (Wildman–Crippen LogP) is 4.49. The maximum Gasteiger partial charge on any atom is 0.169 e. The van der Waals surface area contributed by atoms with Crippen LogP contribution in [0.4, 0.5) is 0 Å². The van der Waals surface area contributed by atoms with Crippen molar-refractivity contribution in [1.29, 1.82) is 0 Å². The van der Waals surface area contributed by atoms with Crippen molar-refractivity contribution >= 4 is 21.6 Å². The third-order valence-electron chi connectivity index (χ3n) is 5.12. The van der Waals surface area contributed by atoms with E-state index >= 15 is 0 Å². The summed E-state index contributed by atoms with van der Waals surface area (Å²) in [6.45, 7) is 7.45. The summed E-state index contributed by atoms with van der Waals surface area (Å²) >= 11 is 3.63. The van der Waals surface area contributed by atoms with Gasteiger partial charge in [-0.15, -0.1) is 0 Å². The first-order chi connectivity index (χ1) is 12.1. The van der Waals surface area contributed by atoms with Crippen LogP contribution in [0.25, 0.3) is 5.65 Å². The minimum Gasteiger partial charge on any atom is -0.298 e. The van der Waals surface area contributed by atoms with E-state index in [1.165, 1.54) is 36.2 Å². The van der Waals surface area contributed by atoms with Crippen molar-refractivity contribution in [1.82, 2.24) is 19.5 Å². The lowest BCUT2D eigenvalue weighted by atomic mass is 9.92. The zero-order valence-electron chi connectivity index (χ0n) is 14.7. The van der Waals surface area contributed by atoms with Crippen molar-refractivity contribution in [2.45, 2.75) is 39.2 Å². The van der Waals surface area contributed by atoms with E-state index in [-0.39, 0.29) is 0 Å². The molecule has 1 aliphatic rings. The molecule has 1 unspecified atom stereocenters. The molecule has 2 aromatic heterocycles. The zero-order chi connectivity index (χ0) is 17.4. The summed E-state index contributed by atoms with van der Waals surface area (Å²) in [4.78, 5) is 7.15. The van der Waals surface area contributed by atoms with Gasteiger partial charge in [0.05, 0.1) is 15.9 Å². The molecular formula is C20H23BrN4. The molecule has 0 radical (unpaired) electrons. The Morgan fingerprint density at radius 3 is 2.80 bits per heavy atom. The molecule has 0 spiro atoms. The molecule has 1 atom stereocenters. The van der Waals surface area contributed by atoms with Crippen molar-refractivity contribution in [3.8, 4) is 0 Å². The molecule has 3 heterocycles. The van der Waals surface area contributed by atoms with E-state index in [9.17, 15) is 0 Å². The number of hydrogen-bond donors (Lipinski definition) is 0. The summed E-state index contributed by atoms with van der Waals surface area (Å²) in [6, 6.07) is 10.8. The summed E-state index contributed by atoms with van der Waals surface area (Å²) in [5, 5.41) is 4.75. The number of halogens is 1. The van der Waals surface area contributed by atoms with Crippen LogP contribution in [0.3, 0.4) is 0 Å². The number of aromatic nitrogens is 3. The maximum atomic E-state index is 4.75. The number of likely N-dealkylation sites (tertiary alicyclic amines) is 1. The molecule has 1 aromatic carbocycles. The number of benzene rings is 1. The third-order valence-corrected chi connectivity index (χ3v) is 6.05. The van der Waals surface area contributed by atoms with E-state index in [2.05, 4.69) is 67.6 Å². The Hall–Kier alpha value is -1.72. The van der Waals surface area contributed by atoms with Gasteiger partial charge in [0.1, 0.15) is 0 Å². The van der Waals surface area contributed by atoms with Crippen molar-refractivity contribution in [2.24, 2.45) is 0 Å². The van der Waals surface area contributed by atoms with Crippen LogP contribution >= 0.6 is 15.9 Å². The average molecular weight is 399 g/mol. The highest BCUT2D eigenvalue weighted by molar-refractivity contribution is 9.10. The highest BCUT2D eigenvalue weighted by atomic mass is 79.9. The molecule has 1 saturated heterocycles. The first-order valence-corrected chi connectivity index (χ1v) is 9.69. The fourth-order valence-electron chi connectivity index (χ4n) is 3.93. The predicted molar refractivity (Wildman–Crippen MR) is 104 cm³/mol. The van der Waals surface area contributed by atoms with Gasteiger partial charge < -0.3 is 0 Å². The average Bonchev–Trinajstić information content (AvgIpc) is 2.90. The lowest BCUT2D eigenvalue weighted by molar-refractivity contribution is 0.197. The molecule has 0 amide bonds. The molecule has 1 fully saturated rings. The summed E-state index contributed by atoms with van der Waals surface area (Å²) in [5.41, 5.74) is 5.86. The summed E-state index contributed by atoms with van der Waals surface area (Å²) < 4.78 is 3.07. The summed E-state index contributed by atoms with van der Waals surface area (Å²) in [7, 11) is 0. The van der Waals surface area contributed by atoms with Crippen LogP contribution in [0.5, 0.6) is 0 Å². The van der Waals surface area contributed by atoms with Crippen LogP contribution in [-0.2, 0) is 6.54 Å². The fourth-order valence-corrected chi connectivity index (χ4v) is 4.28. The van der Waals surface area contributed by atoms with Gasteiger partial charge in [-0.2, -0.15) is 5.10 Å². The molecule has 4 rings (SSSR count). The molecule has 3 aromatic rings. The van der Waals surface area contributed by atoms with Crippen LogP contribution in [0.1, 0.15) is 41.3 Å². The second-order valence-electron chi connectivity index (χ2n) is 7.02. The minimum atomic E-state index is 0.495. The van der Waals surface area contributed by atoms with Crippen molar-refractivity contribution in [3.63, 3.8) is 0 Å². The van der Waals surface area contributed by atoms with Crippen LogP contribution in [-0.4, -0.2) is 32.6 Å². The smallest absolute Gasteiger partial charge is 0.169 e. The van der Waals surface area contributed by atoms with Crippen LogP contribution in [0.2, 0.25) is 0 Å². The minimum absolute atomic E-state index is 0.495. The maximum absolute atomic E-state index is 4.75. The monoisotopic (exact) mass is 398 g/mol. The Bertz CT molecular complexity index is 888. The highest BCUT2D eigenvalue weighted by Crippen LogP contribution is 2.32. The van der Waals surface area contributed by atoms with Crippen molar-refractivity contribution in [2.75, 3.05) is 13.1 Å². The van der Waals surface area contributed by atoms with E-state index in [0.717, 1.165) is 28.9 Å². The molecular weight excluding hydrogens is 376 g/mol. The highest BCUT2D eigenvalue weighted by Gasteiger charge is 2.26. The Labute approximate surface area is 157 Å². The van der Waals surface area contributed by atoms with E-state index in [1.807, 2.05) is 13.1 Å². The van der Waals surface area contributed by atoms with Gasteiger partial charge in [-0.3, -0.25) is 4.90 Å². The molecule has 0 saturated carbocycles. The van der Waals surface area contributed by atoms with Crippen molar-refractivity contribution in [3.05, 3.63) is 63.5 Å². The summed E-state index contributed by atoms with van der Waals surface area (Å²) in [5.74, 6) is 0.495. The van der Waals surface area contributed by atoms with Crippen molar-refractivity contribution < 1.29 is 0 Å². The summed E-state index contributed by atoms with van der Waals surface area (Å²) in [6.07, 6.45) is 4.43. The van der Waals surface area contributed by atoms with Gasteiger partial charge in [0.25, 0.3) is 0 Å². The van der Waals surface area contributed by atoms with E-state index in [1.54, 1.807) is 0 Å². The molecule has 1 aliphatic heterocycles. The van der Waals surface area contributed by atoms with Crippen LogP contribution in [0, 0.1) is 13.8 Å². The Morgan fingerprint density at radius 1 is 1.20 bits per heavy atom. The van der Waals surface area contributed by atoms with E-state index in [4.69, 9.17) is 5.10 Å². The molecule has 0 N–H and O–H groups in total. The molecule has 25 heavy (non-hydrogen) atoms. The van der Waals surface area contributed by atoms with Gasteiger partial charge in [0.2, 0.25) is 0 Å². The number of nitrogens with zero attached hydrogens (tertiary/aromatic N) is 4. The Balaban J connectivity index is 1.64. The van der Waals surface area contributed by atoms with Gasteiger partial charge >= 0.3 is 0 Å². The molecule has 5 heteroatoms. The van der Waals surface area contributed by atoms with Gasteiger partial charge in [0.15, 0.2) is 5.65 Å². The molecule has 130 valence electrons. The van der Waals surface area contributed by atoms with E-state index in [0.29, 0.717) is 5.92 Å². The fraction of sp³-hybridized carbons (Fsp3) is 0.400. The van der Waals surface area contributed by atoms with Crippen LogP contribution in [0.15, 0.2) is 41.0 Å². The van der Waals surface area contributed by atoms with Gasteiger partial charge in [-0.25, -0.2) is 9.50 Å². The van der Waals surface area contributed by atoms with E-state index < -0.39 is 0 Å². The number of aryl methyl sites for hydroxylation is 2. The zero-order valence-corrected chi connectivity index (χ0v) is 16.3. The standard InChI is InChI=1S/C20H23BrN4/c1-14-11-22-20-18(21)15(2)23-25(20)19(14)17-9-6-10-24(13-17)12-16-7-4-3-5-8-16/h3-5,7-8,11,17H,6,9-10,12-13H2,1-2H3. The second kappa shape index (κ2) is 6.89. The normalized spacial score (nSPS) is 18.8. The third kappa shape index (κ3) is 3.23. The number of piperidine rings is 1. The quantitative estimate of drug-likeness (QED) is 0.651. The Morgan fingerprint density at radius 2 is 2.00 bits per heavy atom. The lowest BCUT2D eigenvalue weighted by Gasteiger charge is -2.33. The first kappa shape index (κ1) is 16.7. The molecule has 0 bridgehead atoms. The van der Waals surface area contributed by atoms with Gasteiger partial charge in [-0.1, -0.05) is 30.3 Å². The van der Waals surface area contributed by atoms with Gasteiger partial charge in [0, 0.05) is 25.2 Å². The van der Waals surface area contributed by atoms with Crippen LogP contribution < -0.4 is 0 Å². The second-order valence-corrected chi connectivity index (χ2v) is 7.81. The largest absolute Gasteiger partial charge is 0.298 e. The molecule has 0 aliphatic carbocycles. The lowest BCUT2D eigenvalue weighted by Crippen LogP contribution is -2.35. The number of fused-ring (bicyclic) bond motifs is 1. The Kier molecular flexibility index (Phi) is 4.61. The first-order valence-electron chi connectivity index (χ1n) is 8.90.